The Labute approximate surface area is 191 Å². The van der Waals surface area contributed by atoms with Crippen LogP contribution in [0, 0.1) is 0 Å². The number of thiocarbonyl (C=S) groups is 1. The molecule has 3 rings (SSSR count). The Morgan fingerprint density at radius 3 is 2.55 bits per heavy atom. The van der Waals surface area contributed by atoms with Crippen molar-refractivity contribution < 1.29 is 23.7 Å². The fraction of sp³-hybridized carbons (Fsp3) is 0.217. The Bertz CT molecular complexity index is 1010. The molecule has 0 unspecified atom stereocenters. The highest BCUT2D eigenvalue weighted by atomic mass is 32.2. The number of nitrogens with zero attached hydrogens (tertiary/aromatic N) is 1. The normalized spacial score (nSPS) is 14.6. The second-order valence-corrected chi connectivity index (χ2v) is 8.04. The maximum absolute atomic E-state index is 12.5. The Morgan fingerprint density at radius 1 is 1.03 bits per heavy atom. The third kappa shape index (κ3) is 5.80. The van der Waals surface area contributed by atoms with Gasteiger partial charge < -0.3 is 18.9 Å². The second kappa shape index (κ2) is 10.9. The molecule has 1 heterocycles. The molecule has 0 atom stereocenters. The molecular weight excluding hydrogens is 434 g/mol. The van der Waals surface area contributed by atoms with Crippen molar-refractivity contribution in [3.63, 3.8) is 0 Å². The van der Waals surface area contributed by atoms with Gasteiger partial charge in [0.05, 0.1) is 19.1 Å². The molecule has 1 aliphatic heterocycles. The maximum Gasteiger partial charge on any atom is 0.266 e. The smallest absolute Gasteiger partial charge is 0.266 e. The summed E-state index contributed by atoms with van der Waals surface area (Å²) in [4.78, 5) is 14.6. The zero-order valence-corrected chi connectivity index (χ0v) is 19.0. The van der Waals surface area contributed by atoms with Crippen LogP contribution in [0.3, 0.4) is 0 Å². The maximum atomic E-state index is 12.5. The molecule has 0 radical (unpaired) electrons. The number of ether oxygens (including phenoxy) is 4. The van der Waals surface area contributed by atoms with Gasteiger partial charge in [0.2, 0.25) is 0 Å². The summed E-state index contributed by atoms with van der Waals surface area (Å²) in [6, 6.07) is 12.9. The molecule has 0 bridgehead atoms. The van der Waals surface area contributed by atoms with Gasteiger partial charge in [-0.2, -0.15) is 0 Å². The summed E-state index contributed by atoms with van der Waals surface area (Å²) in [5, 5.41) is 0. The van der Waals surface area contributed by atoms with E-state index >= 15 is 0 Å². The first-order valence-corrected chi connectivity index (χ1v) is 10.7. The highest BCUT2D eigenvalue weighted by Gasteiger charge is 2.30. The van der Waals surface area contributed by atoms with Crippen molar-refractivity contribution in [1.82, 2.24) is 4.90 Å². The van der Waals surface area contributed by atoms with Gasteiger partial charge in [-0.3, -0.25) is 9.69 Å². The number of amides is 1. The molecule has 6 nitrogen and oxygen atoms in total. The third-order valence-corrected chi connectivity index (χ3v) is 5.70. The van der Waals surface area contributed by atoms with E-state index < -0.39 is 0 Å². The van der Waals surface area contributed by atoms with E-state index in [0.717, 1.165) is 11.3 Å². The van der Waals surface area contributed by atoms with Crippen molar-refractivity contribution in [3.05, 3.63) is 65.6 Å². The fourth-order valence-corrected chi connectivity index (χ4v) is 4.11. The molecule has 0 saturated carbocycles. The van der Waals surface area contributed by atoms with E-state index in [1.54, 1.807) is 32.4 Å². The lowest BCUT2D eigenvalue weighted by atomic mass is 10.2. The minimum atomic E-state index is -0.121. The average Bonchev–Trinajstić information content (AvgIpc) is 3.05. The van der Waals surface area contributed by atoms with Crippen LogP contribution >= 0.6 is 24.0 Å². The standard InChI is InChI=1S/C23H23NO5S2/c1-4-10-24-22(25)21(31-23(24)30)14-16-8-9-19(20(13-16)27-3)29-12-11-28-18-7-5-6-17(15-18)26-2/h4-9,13-15H,1,10-12H2,2-3H3/b21-14+. The van der Waals surface area contributed by atoms with Gasteiger partial charge in [0.15, 0.2) is 11.5 Å². The van der Waals surface area contributed by atoms with Crippen LogP contribution in [-0.2, 0) is 4.79 Å². The van der Waals surface area contributed by atoms with Gasteiger partial charge in [-0.1, -0.05) is 42.2 Å². The zero-order chi connectivity index (χ0) is 22.2. The number of rotatable bonds is 10. The molecule has 162 valence electrons. The number of thioether (sulfide) groups is 1. The van der Waals surface area contributed by atoms with Gasteiger partial charge in [-0.05, 0) is 35.9 Å². The Morgan fingerprint density at radius 2 is 1.81 bits per heavy atom. The summed E-state index contributed by atoms with van der Waals surface area (Å²) in [5.41, 5.74) is 0.816. The van der Waals surface area contributed by atoms with E-state index in [4.69, 9.17) is 31.2 Å². The fourth-order valence-electron chi connectivity index (χ4n) is 2.83. The van der Waals surface area contributed by atoms with Crippen LogP contribution in [-0.4, -0.2) is 49.1 Å². The Kier molecular flexibility index (Phi) is 7.97. The van der Waals surface area contributed by atoms with Gasteiger partial charge in [-0.25, -0.2) is 0 Å². The summed E-state index contributed by atoms with van der Waals surface area (Å²) in [6.07, 6.45) is 3.45. The van der Waals surface area contributed by atoms with E-state index in [1.807, 2.05) is 36.4 Å². The van der Waals surface area contributed by atoms with Gasteiger partial charge in [0.25, 0.3) is 5.91 Å². The van der Waals surface area contributed by atoms with Crippen molar-refractivity contribution in [3.8, 4) is 23.0 Å². The highest BCUT2D eigenvalue weighted by Crippen LogP contribution is 2.34. The SMILES string of the molecule is C=CCN1C(=O)/C(=C\c2ccc(OCCOc3cccc(OC)c3)c(OC)c2)SC1=S. The summed E-state index contributed by atoms with van der Waals surface area (Å²) in [5.74, 6) is 2.48. The second-order valence-electron chi connectivity index (χ2n) is 6.37. The van der Waals surface area contributed by atoms with Gasteiger partial charge in [-0.15, -0.1) is 6.58 Å². The van der Waals surface area contributed by atoms with E-state index in [-0.39, 0.29) is 5.91 Å². The first-order chi connectivity index (χ1) is 15.0. The monoisotopic (exact) mass is 457 g/mol. The molecule has 31 heavy (non-hydrogen) atoms. The molecule has 0 N–H and O–H groups in total. The molecule has 1 saturated heterocycles. The lowest BCUT2D eigenvalue weighted by Gasteiger charge is -2.12. The summed E-state index contributed by atoms with van der Waals surface area (Å²) < 4.78 is 22.7. The van der Waals surface area contributed by atoms with Crippen LogP contribution in [0.15, 0.2) is 60.0 Å². The van der Waals surface area contributed by atoms with Crippen LogP contribution in [0.25, 0.3) is 6.08 Å². The van der Waals surface area contributed by atoms with Gasteiger partial charge in [0.1, 0.15) is 29.0 Å². The molecule has 1 fully saturated rings. The van der Waals surface area contributed by atoms with E-state index in [9.17, 15) is 4.79 Å². The van der Waals surface area contributed by atoms with Crippen LogP contribution in [0.2, 0.25) is 0 Å². The van der Waals surface area contributed by atoms with Gasteiger partial charge >= 0.3 is 0 Å². The van der Waals surface area contributed by atoms with Crippen molar-refractivity contribution in [2.45, 2.75) is 0 Å². The first-order valence-electron chi connectivity index (χ1n) is 9.49. The molecule has 1 aliphatic rings. The average molecular weight is 458 g/mol. The molecule has 2 aromatic rings. The number of hydrogen-bond acceptors (Lipinski definition) is 7. The van der Waals surface area contributed by atoms with E-state index in [1.165, 1.54) is 16.7 Å². The van der Waals surface area contributed by atoms with Crippen molar-refractivity contribution in [2.75, 3.05) is 34.0 Å². The topological polar surface area (TPSA) is 57.2 Å². The van der Waals surface area contributed by atoms with Crippen LogP contribution in [0.5, 0.6) is 23.0 Å². The number of carbonyl (C=O) groups excluding carboxylic acids is 1. The van der Waals surface area contributed by atoms with Crippen molar-refractivity contribution in [2.24, 2.45) is 0 Å². The van der Waals surface area contributed by atoms with Crippen LogP contribution < -0.4 is 18.9 Å². The highest BCUT2D eigenvalue weighted by molar-refractivity contribution is 8.26. The Balaban J connectivity index is 1.61. The molecule has 0 aromatic heterocycles. The molecule has 2 aromatic carbocycles. The van der Waals surface area contributed by atoms with Gasteiger partial charge in [0, 0.05) is 12.6 Å². The molecular formula is C23H23NO5S2. The number of hydrogen-bond donors (Lipinski definition) is 0. The number of methoxy groups -OCH3 is 2. The van der Waals surface area contributed by atoms with Crippen molar-refractivity contribution in [1.29, 1.82) is 0 Å². The number of carbonyl (C=O) groups is 1. The first kappa shape index (κ1) is 22.7. The molecule has 1 amide bonds. The van der Waals surface area contributed by atoms with Crippen molar-refractivity contribution >= 4 is 40.3 Å². The molecule has 8 heteroatoms. The molecule has 0 spiro atoms. The lowest BCUT2D eigenvalue weighted by molar-refractivity contribution is -0.121. The molecule has 0 aliphatic carbocycles. The predicted molar refractivity (Wildman–Crippen MR) is 127 cm³/mol. The van der Waals surface area contributed by atoms with E-state index in [0.29, 0.717) is 46.2 Å². The minimum Gasteiger partial charge on any atom is -0.497 e. The third-order valence-electron chi connectivity index (χ3n) is 4.32. The predicted octanol–water partition coefficient (Wildman–Crippen LogP) is 4.55. The Hall–Kier alpha value is -2.97. The van der Waals surface area contributed by atoms with Crippen LogP contribution in [0.1, 0.15) is 5.56 Å². The largest absolute Gasteiger partial charge is 0.497 e. The zero-order valence-electron chi connectivity index (χ0n) is 17.3. The quantitative estimate of drug-likeness (QED) is 0.225. The van der Waals surface area contributed by atoms with Crippen LogP contribution in [0.4, 0.5) is 0 Å². The lowest BCUT2D eigenvalue weighted by Crippen LogP contribution is -2.27. The van der Waals surface area contributed by atoms with E-state index in [2.05, 4.69) is 6.58 Å². The summed E-state index contributed by atoms with van der Waals surface area (Å²) in [7, 11) is 3.18. The number of benzene rings is 2. The minimum absolute atomic E-state index is 0.121. The summed E-state index contributed by atoms with van der Waals surface area (Å²) >= 11 is 6.55. The summed E-state index contributed by atoms with van der Waals surface area (Å²) in [6.45, 7) is 4.77.